The van der Waals surface area contributed by atoms with Crippen molar-refractivity contribution in [2.45, 2.75) is 24.7 Å². The zero-order valence-corrected chi connectivity index (χ0v) is 19.4. The van der Waals surface area contributed by atoms with Gasteiger partial charge in [0, 0.05) is 37.6 Å². The lowest BCUT2D eigenvalue weighted by molar-refractivity contribution is 0.260. The fraction of sp³-hybridized carbons (Fsp3) is 0.478. The maximum absolute atomic E-state index is 5.42. The molecule has 0 atom stereocenters. The molecule has 1 saturated heterocycles. The summed E-state index contributed by atoms with van der Waals surface area (Å²) in [5, 5.41) is 0. The van der Waals surface area contributed by atoms with Crippen LogP contribution in [0.25, 0.3) is 0 Å². The lowest BCUT2D eigenvalue weighted by atomic mass is 10.1. The van der Waals surface area contributed by atoms with E-state index in [9.17, 15) is 0 Å². The minimum absolute atomic E-state index is 0. The van der Waals surface area contributed by atoms with Crippen LogP contribution in [-0.4, -0.2) is 57.6 Å². The van der Waals surface area contributed by atoms with Crippen molar-refractivity contribution in [1.29, 1.82) is 0 Å². The molecule has 29 heavy (non-hydrogen) atoms. The number of rotatable bonds is 9. The Balaban J connectivity index is 0.00000300. The van der Waals surface area contributed by atoms with Crippen LogP contribution in [0.1, 0.15) is 18.9 Å². The first-order valence-electron chi connectivity index (χ1n) is 10.1. The molecular formula is C23H33ClN2O2S. The molecule has 0 aliphatic carbocycles. The molecule has 1 heterocycles. The average molecular weight is 437 g/mol. The van der Waals surface area contributed by atoms with Gasteiger partial charge in [0.2, 0.25) is 0 Å². The topological polar surface area (TPSA) is 24.9 Å². The van der Waals surface area contributed by atoms with Crippen molar-refractivity contribution in [3.8, 4) is 11.5 Å². The molecule has 160 valence electrons. The van der Waals surface area contributed by atoms with Crippen LogP contribution in [0.2, 0.25) is 0 Å². The number of halogens is 1. The summed E-state index contributed by atoms with van der Waals surface area (Å²) in [7, 11) is 3.37. The standard InChI is InChI=1S/C23H32N2O2S.ClH/c1-4-17-28-23-8-6-5-7-20(23)25-15-13-24(14-16-25)12-11-19-9-10-21(26-2)22(18-19)27-3;/h5-10,18H,4,11-17H2,1-3H3;1H. The van der Waals surface area contributed by atoms with Crippen LogP contribution in [0.3, 0.4) is 0 Å². The van der Waals surface area contributed by atoms with Gasteiger partial charge in [0.05, 0.1) is 19.9 Å². The molecule has 4 nitrogen and oxygen atoms in total. The molecule has 1 aliphatic heterocycles. The van der Waals surface area contributed by atoms with Crippen molar-refractivity contribution in [2.75, 3.05) is 57.6 Å². The molecule has 1 aliphatic rings. The van der Waals surface area contributed by atoms with Gasteiger partial charge in [-0.05, 0) is 48.4 Å². The van der Waals surface area contributed by atoms with Crippen LogP contribution in [0.5, 0.6) is 11.5 Å². The Morgan fingerprint density at radius 2 is 1.66 bits per heavy atom. The Morgan fingerprint density at radius 3 is 2.34 bits per heavy atom. The Hall–Kier alpha value is -1.56. The van der Waals surface area contributed by atoms with Crippen molar-refractivity contribution in [3.05, 3.63) is 48.0 Å². The number of hydrogen-bond donors (Lipinski definition) is 0. The van der Waals surface area contributed by atoms with Gasteiger partial charge >= 0.3 is 0 Å². The van der Waals surface area contributed by atoms with Gasteiger partial charge in [0.25, 0.3) is 0 Å². The summed E-state index contributed by atoms with van der Waals surface area (Å²) in [5.74, 6) is 2.79. The van der Waals surface area contributed by atoms with Crippen LogP contribution in [0, 0.1) is 0 Å². The van der Waals surface area contributed by atoms with Crippen LogP contribution < -0.4 is 14.4 Å². The molecule has 2 aromatic carbocycles. The van der Waals surface area contributed by atoms with E-state index in [1.807, 2.05) is 17.8 Å². The van der Waals surface area contributed by atoms with Crippen molar-refractivity contribution in [1.82, 2.24) is 4.90 Å². The lowest BCUT2D eigenvalue weighted by Gasteiger charge is -2.37. The second-order valence-electron chi connectivity index (χ2n) is 7.08. The van der Waals surface area contributed by atoms with Gasteiger partial charge in [0.1, 0.15) is 0 Å². The minimum Gasteiger partial charge on any atom is -0.493 e. The molecule has 0 spiro atoms. The summed E-state index contributed by atoms with van der Waals surface area (Å²) in [6.45, 7) is 7.73. The van der Waals surface area contributed by atoms with E-state index in [0.717, 1.165) is 50.6 Å². The molecule has 0 unspecified atom stereocenters. The van der Waals surface area contributed by atoms with E-state index in [1.165, 1.54) is 28.3 Å². The highest BCUT2D eigenvalue weighted by Gasteiger charge is 2.19. The number of ether oxygens (including phenoxy) is 2. The Morgan fingerprint density at radius 1 is 0.931 bits per heavy atom. The largest absolute Gasteiger partial charge is 0.493 e. The van der Waals surface area contributed by atoms with Crippen molar-refractivity contribution in [2.24, 2.45) is 0 Å². The molecule has 0 bridgehead atoms. The van der Waals surface area contributed by atoms with Gasteiger partial charge < -0.3 is 14.4 Å². The predicted octanol–water partition coefficient (Wildman–Crippen LogP) is 4.99. The van der Waals surface area contributed by atoms with Crippen molar-refractivity contribution < 1.29 is 9.47 Å². The number of nitrogens with zero attached hydrogens (tertiary/aromatic N) is 2. The molecular weight excluding hydrogens is 404 g/mol. The monoisotopic (exact) mass is 436 g/mol. The van der Waals surface area contributed by atoms with Gasteiger partial charge in [-0.15, -0.1) is 24.2 Å². The minimum atomic E-state index is 0. The van der Waals surface area contributed by atoms with Gasteiger partial charge in [-0.2, -0.15) is 0 Å². The Labute approximate surface area is 186 Å². The summed E-state index contributed by atoms with van der Waals surface area (Å²) < 4.78 is 10.8. The van der Waals surface area contributed by atoms with Gasteiger partial charge in [-0.25, -0.2) is 0 Å². The van der Waals surface area contributed by atoms with Crippen LogP contribution in [-0.2, 0) is 6.42 Å². The highest BCUT2D eigenvalue weighted by molar-refractivity contribution is 7.99. The van der Waals surface area contributed by atoms with E-state index < -0.39 is 0 Å². The number of para-hydroxylation sites is 1. The van der Waals surface area contributed by atoms with E-state index in [4.69, 9.17) is 9.47 Å². The number of hydrogen-bond acceptors (Lipinski definition) is 5. The molecule has 6 heteroatoms. The Bertz CT molecular complexity index is 751. The average Bonchev–Trinajstić information content (AvgIpc) is 2.76. The van der Waals surface area contributed by atoms with E-state index in [1.54, 1.807) is 14.2 Å². The highest BCUT2D eigenvalue weighted by atomic mass is 35.5. The second kappa shape index (κ2) is 12.2. The van der Waals surface area contributed by atoms with E-state index >= 15 is 0 Å². The molecule has 3 rings (SSSR count). The normalized spacial score (nSPS) is 14.4. The number of piperazine rings is 1. The third-order valence-corrected chi connectivity index (χ3v) is 6.47. The third-order valence-electron chi connectivity index (χ3n) is 5.20. The smallest absolute Gasteiger partial charge is 0.160 e. The van der Waals surface area contributed by atoms with Gasteiger partial charge in [-0.1, -0.05) is 25.1 Å². The summed E-state index contributed by atoms with van der Waals surface area (Å²) in [4.78, 5) is 6.53. The zero-order chi connectivity index (χ0) is 19.8. The number of thioether (sulfide) groups is 1. The fourth-order valence-corrected chi connectivity index (χ4v) is 4.53. The first kappa shape index (κ1) is 23.7. The second-order valence-corrected chi connectivity index (χ2v) is 8.22. The number of methoxy groups -OCH3 is 2. The van der Waals surface area contributed by atoms with Crippen LogP contribution >= 0.6 is 24.2 Å². The molecule has 2 aromatic rings. The molecule has 0 N–H and O–H groups in total. The highest BCUT2D eigenvalue weighted by Crippen LogP contribution is 2.31. The third kappa shape index (κ3) is 6.46. The molecule has 0 amide bonds. The summed E-state index contributed by atoms with van der Waals surface area (Å²) in [6.07, 6.45) is 2.24. The first-order valence-corrected chi connectivity index (χ1v) is 11.1. The van der Waals surface area contributed by atoms with E-state index in [-0.39, 0.29) is 12.4 Å². The van der Waals surface area contributed by atoms with Gasteiger partial charge in [-0.3, -0.25) is 4.90 Å². The SMILES string of the molecule is CCCSc1ccccc1N1CCN(CCc2ccc(OC)c(OC)c2)CC1.Cl. The van der Waals surface area contributed by atoms with Crippen LogP contribution in [0.15, 0.2) is 47.4 Å². The maximum atomic E-state index is 5.42. The van der Waals surface area contributed by atoms with E-state index in [0.29, 0.717) is 0 Å². The maximum Gasteiger partial charge on any atom is 0.160 e. The molecule has 1 fully saturated rings. The fourth-order valence-electron chi connectivity index (χ4n) is 3.59. The zero-order valence-electron chi connectivity index (χ0n) is 17.7. The number of benzene rings is 2. The molecule has 0 aromatic heterocycles. The summed E-state index contributed by atoms with van der Waals surface area (Å²) in [5.41, 5.74) is 2.70. The lowest BCUT2D eigenvalue weighted by Crippen LogP contribution is -2.47. The van der Waals surface area contributed by atoms with Crippen molar-refractivity contribution >= 4 is 29.9 Å². The molecule has 0 radical (unpaired) electrons. The quantitative estimate of drug-likeness (QED) is 0.515. The first-order chi connectivity index (χ1) is 13.7. The van der Waals surface area contributed by atoms with Gasteiger partial charge in [0.15, 0.2) is 11.5 Å². The number of anilines is 1. The summed E-state index contributed by atoms with van der Waals surface area (Å²) >= 11 is 1.98. The van der Waals surface area contributed by atoms with E-state index in [2.05, 4.69) is 53.1 Å². The van der Waals surface area contributed by atoms with Crippen molar-refractivity contribution in [3.63, 3.8) is 0 Å². The Kier molecular flexibility index (Phi) is 9.98. The predicted molar refractivity (Wildman–Crippen MR) is 127 cm³/mol. The summed E-state index contributed by atoms with van der Waals surface area (Å²) in [6, 6.07) is 15.1. The molecule has 0 saturated carbocycles. The van der Waals surface area contributed by atoms with Crippen LogP contribution in [0.4, 0.5) is 5.69 Å².